The van der Waals surface area contributed by atoms with Crippen LogP contribution in [0.25, 0.3) is 0 Å². The summed E-state index contributed by atoms with van der Waals surface area (Å²) in [4.78, 5) is 26.2. The summed E-state index contributed by atoms with van der Waals surface area (Å²) >= 11 is 0. The van der Waals surface area contributed by atoms with Crippen molar-refractivity contribution < 1.29 is 19.4 Å². The van der Waals surface area contributed by atoms with Crippen LogP contribution in [0.3, 0.4) is 0 Å². The Morgan fingerprint density at radius 2 is 1.68 bits per heavy atom. The highest BCUT2D eigenvalue weighted by Gasteiger charge is 2.53. The van der Waals surface area contributed by atoms with E-state index in [4.69, 9.17) is 4.74 Å². The molecule has 2 aliphatic rings. The zero-order chi connectivity index (χ0) is 21.5. The molecule has 7 nitrogen and oxygen atoms in total. The van der Waals surface area contributed by atoms with Crippen LogP contribution in [0.4, 0.5) is 5.69 Å². The van der Waals surface area contributed by atoms with Gasteiger partial charge in [-0.05, 0) is 31.2 Å². The molecule has 3 aromatic carbocycles. The third-order valence-electron chi connectivity index (χ3n) is 5.67. The number of aromatic hydroxyl groups is 1. The molecule has 0 bridgehead atoms. The number of hydrogen-bond donors (Lipinski definition) is 3. The second kappa shape index (κ2) is 7.45. The third-order valence-corrected chi connectivity index (χ3v) is 5.67. The van der Waals surface area contributed by atoms with E-state index in [1.165, 1.54) is 0 Å². The maximum Gasteiger partial charge on any atom is 0.249 e. The van der Waals surface area contributed by atoms with Crippen molar-refractivity contribution in [3.8, 4) is 11.5 Å². The van der Waals surface area contributed by atoms with E-state index in [-0.39, 0.29) is 5.75 Å². The molecule has 0 aromatic heterocycles. The van der Waals surface area contributed by atoms with Gasteiger partial charge in [-0.1, -0.05) is 54.1 Å². The maximum atomic E-state index is 13.2. The van der Waals surface area contributed by atoms with E-state index in [0.29, 0.717) is 17.0 Å². The van der Waals surface area contributed by atoms with Gasteiger partial charge in [0.2, 0.25) is 11.8 Å². The van der Waals surface area contributed by atoms with Gasteiger partial charge in [0.15, 0.2) is 6.23 Å². The molecule has 1 saturated heterocycles. The normalized spacial score (nSPS) is 22.1. The molecule has 2 amide bonds. The van der Waals surface area contributed by atoms with Crippen molar-refractivity contribution in [2.45, 2.75) is 19.2 Å². The molecule has 0 spiro atoms. The van der Waals surface area contributed by atoms with Gasteiger partial charge in [0.1, 0.15) is 17.4 Å². The molecule has 3 atom stereocenters. The van der Waals surface area contributed by atoms with Crippen LogP contribution in [0.2, 0.25) is 0 Å². The van der Waals surface area contributed by atoms with E-state index in [9.17, 15) is 14.7 Å². The molecule has 156 valence electrons. The summed E-state index contributed by atoms with van der Waals surface area (Å²) in [7, 11) is 0. The predicted molar refractivity (Wildman–Crippen MR) is 114 cm³/mol. The first-order chi connectivity index (χ1) is 15.0. The Bertz CT molecular complexity index is 1160. The highest BCUT2D eigenvalue weighted by Crippen LogP contribution is 2.48. The number of carbonyl (C=O) groups excluding carboxylic acids is 2. The molecule has 1 fully saturated rings. The summed E-state index contributed by atoms with van der Waals surface area (Å²) in [5, 5.41) is 14.9. The number of phenolic OH excluding ortho intramolecular Hbond substituents is 1. The van der Waals surface area contributed by atoms with E-state index in [2.05, 4.69) is 10.7 Å². The summed E-state index contributed by atoms with van der Waals surface area (Å²) in [6.45, 7) is 1.96. The zero-order valence-electron chi connectivity index (χ0n) is 16.8. The first-order valence-electron chi connectivity index (χ1n) is 10.0. The molecule has 3 unspecified atom stereocenters. The van der Waals surface area contributed by atoms with E-state index in [0.717, 1.165) is 11.1 Å². The smallest absolute Gasteiger partial charge is 0.249 e. The van der Waals surface area contributed by atoms with Crippen molar-refractivity contribution >= 4 is 17.5 Å². The van der Waals surface area contributed by atoms with E-state index in [1.54, 1.807) is 47.5 Å². The van der Waals surface area contributed by atoms with Crippen molar-refractivity contribution in [3.05, 3.63) is 89.5 Å². The number of carbonyl (C=O) groups is 2. The van der Waals surface area contributed by atoms with Crippen LogP contribution in [-0.2, 0) is 9.59 Å². The molecular formula is C24H21N3O4. The van der Waals surface area contributed by atoms with Crippen LogP contribution in [0.15, 0.2) is 72.8 Å². The van der Waals surface area contributed by atoms with Crippen LogP contribution >= 0.6 is 0 Å². The number of para-hydroxylation sites is 2. The number of rotatable bonds is 3. The van der Waals surface area contributed by atoms with Crippen molar-refractivity contribution in [2.24, 2.45) is 5.92 Å². The van der Waals surface area contributed by atoms with Gasteiger partial charge < -0.3 is 15.2 Å². The molecular weight excluding hydrogens is 394 g/mol. The van der Waals surface area contributed by atoms with Crippen LogP contribution in [0, 0.1) is 12.8 Å². The molecule has 7 heteroatoms. The first-order valence-corrected chi connectivity index (χ1v) is 10.0. The zero-order valence-corrected chi connectivity index (χ0v) is 16.8. The second-order valence-corrected chi connectivity index (χ2v) is 7.73. The van der Waals surface area contributed by atoms with Crippen LogP contribution < -0.4 is 15.5 Å². The number of hydrazine groups is 1. The van der Waals surface area contributed by atoms with E-state index in [1.807, 2.05) is 37.3 Å². The number of aryl methyl sites for hydroxylation is 1. The largest absolute Gasteiger partial charge is 0.507 e. The predicted octanol–water partition coefficient (Wildman–Crippen LogP) is 3.43. The summed E-state index contributed by atoms with van der Waals surface area (Å²) in [6.07, 6.45) is -0.776. The fraction of sp³-hybridized carbons (Fsp3) is 0.167. The molecule has 5 rings (SSSR count). The lowest BCUT2D eigenvalue weighted by atomic mass is 9.90. The Morgan fingerprint density at radius 3 is 2.42 bits per heavy atom. The SMILES string of the molecule is Cc1ccc(NC(=O)C2C(=O)NN3C(c4ccccc4O)Oc4ccccc4C23)cc1. The fourth-order valence-electron chi connectivity index (χ4n) is 4.14. The topological polar surface area (TPSA) is 90.9 Å². The van der Waals surface area contributed by atoms with Gasteiger partial charge in [-0.3, -0.25) is 15.0 Å². The third kappa shape index (κ3) is 3.29. The molecule has 2 heterocycles. The minimum Gasteiger partial charge on any atom is -0.507 e. The molecule has 3 aromatic rings. The monoisotopic (exact) mass is 415 g/mol. The summed E-state index contributed by atoms with van der Waals surface area (Å²) in [5.41, 5.74) is 5.73. The lowest BCUT2D eigenvalue weighted by Gasteiger charge is -2.39. The highest BCUT2D eigenvalue weighted by atomic mass is 16.5. The number of nitrogens with zero attached hydrogens (tertiary/aromatic N) is 1. The molecule has 31 heavy (non-hydrogen) atoms. The fourth-order valence-corrected chi connectivity index (χ4v) is 4.14. The summed E-state index contributed by atoms with van der Waals surface area (Å²) in [5.74, 6) is -1.19. The Balaban J connectivity index is 1.54. The first kappa shape index (κ1) is 19.1. The maximum absolute atomic E-state index is 13.2. The van der Waals surface area contributed by atoms with Gasteiger partial charge in [-0.2, -0.15) is 5.01 Å². The Morgan fingerprint density at radius 1 is 1.00 bits per heavy atom. The van der Waals surface area contributed by atoms with Gasteiger partial charge in [-0.25, -0.2) is 0 Å². The number of anilines is 1. The number of benzene rings is 3. The number of amides is 2. The van der Waals surface area contributed by atoms with Crippen molar-refractivity contribution in [1.29, 1.82) is 0 Å². The number of hydrogen-bond acceptors (Lipinski definition) is 5. The van der Waals surface area contributed by atoms with Gasteiger partial charge in [0, 0.05) is 11.3 Å². The highest BCUT2D eigenvalue weighted by molar-refractivity contribution is 6.08. The molecule has 0 aliphatic carbocycles. The summed E-state index contributed by atoms with van der Waals surface area (Å²) in [6, 6.07) is 20.9. The molecule has 0 saturated carbocycles. The van der Waals surface area contributed by atoms with Crippen LogP contribution in [-0.4, -0.2) is 21.9 Å². The average Bonchev–Trinajstić information content (AvgIpc) is 3.12. The minimum atomic E-state index is -0.986. The number of phenols is 1. The van der Waals surface area contributed by atoms with Gasteiger partial charge >= 0.3 is 0 Å². The Labute approximate surface area is 179 Å². The van der Waals surface area contributed by atoms with Crippen molar-refractivity contribution in [1.82, 2.24) is 10.4 Å². The molecule has 3 N–H and O–H groups in total. The standard InChI is InChI=1S/C24H21N3O4/c1-14-10-12-15(13-11-14)25-22(29)20-21-17-7-3-5-9-19(17)31-24(27(21)26-23(20)30)16-6-2-4-8-18(16)28/h2-13,20-21,24,28H,1H3,(H,25,29)(H,26,30). The molecule has 0 radical (unpaired) electrons. The second-order valence-electron chi connectivity index (χ2n) is 7.73. The van der Waals surface area contributed by atoms with Gasteiger partial charge in [-0.15, -0.1) is 0 Å². The average molecular weight is 415 g/mol. The Kier molecular flexibility index (Phi) is 4.60. The lowest BCUT2D eigenvalue weighted by molar-refractivity contribution is -0.130. The van der Waals surface area contributed by atoms with Crippen molar-refractivity contribution in [2.75, 3.05) is 5.32 Å². The van der Waals surface area contributed by atoms with Crippen LogP contribution in [0.5, 0.6) is 11.5 Å². The minimum absolute atomic E-state index is 0.0486. The van der Waals surface area contributed by atoms with Gasteiger partial charge in [0.25, 0.3) is 0 Å². The number of ether oxygens (including phenoxy) is 1. The summed E-state index contributed by atoms with van der Waals surface area (Å²) < 4.78 is 6.14. The van der Waals surface area contributed by atoms with Crippen molar-refractivity contribution in [3.63, 3.8) is 0 Å². The Hall–Kier alpha value is -3.84. The van der Waals surface area contributed by atoms with E-state index >= 15 is 0 Å². The quantitative estimate of drug-likeness (QED) is 0.570. The number of nitrogens with one attached hydrogen (secondary N) is 2. The van der Waals surface area contributed by atoms with E-state index < -0.39 is 30.0 Å². The van der Waals surface area contributed by atoms with Gasteiger partial charge in [0.05, 0.1) is 11.6 Å². The lowest BCUT2D eigenvalue weighted by Crippen LogP contribution is -2.43. The molecule has 2 aliphatic heterocycles. The number of fused-ring (bicyclic) bond motifs is 3. The van der Waals surface area contributed by atoms with Crippen LogP contribution in [0.1, 0.15) is 29.0 Å².